The molecule has 0 amide bonds. The molecule has 0 fully saturated rings. The number of aliphatic carboxylic acids is 2. The molecule has 0 aromatic rings. The van der Waals surface area contributed by atoms with Crippen molar-refractivity contribution in [2.45, 2.75) is 72.3 Å². The Hall–Kier alpha value is -1.05. The number of carboxylic acids is 2. The van der Waals surface area contributed by atoms with Crippen LogP contribution in [0.15, 0.2) is 0 Å². The third kappa shape index (κ3) is 44.9. The largest absolute Gasteiger partial charge is 2.00 e. The van der Waals surface area contributed by atoms with Gasteiger partial charge in [0.1, 0.15) is 11.6 Å². The number of hydrogen-bond donors (Lipinski definition) is 1. The Balaban J connectivity index is -0.000000124. The number of rotatable bonds is 8. The van der Waals surface area contributed by atoms with Crippen molar-refractivity contribution < 1.29 is 56.2 Å². The minimum absolute atomic E-state index is 0. The molecule has 0 aliphatic heterocycles. The van der Waals surface area contributed by atoms with Gasteiger partial charge in [-0.05, 0) is 26.7 Å². The van der Waals surface area contributed by atoms with Gasteiger partial charge in [-0.1, -0.05) is 13.8 Å². The van der Waals surface area contributed by atoms with Crippen molar-refractivity contribution in [2.75, 3.05) is 0 Å². The van der Waals surface area contributed by atoms with Gasteiger partial charge in [0.25, 0.3) is 0 Å². The van der Waals surface area contributed by atoms with E-state index in [4.69, 9.17) is 5.11 Å². The summed E-state index contributed by atoms with van der Waals surface area (Å²) in [5.74, 6) is -3.07. The van der Waals surface area contributed by atoms with E-state index in [9.17, 15) is 29.4 Å². The van der Waals surface area contributed by atoms with E-state index in [0.717, 1.165) is 0 Å². The molecule has 0 radical (unpaired) electrons. The zero-order valence-corrected chi connectivity index (χ0v) is 15.8. The van der Waals surface area contributed by atoms with Crippen LogP contribution in [-0.4, -0.2) is 34.7 Å². The maximum Gasteiger partial charge on any atom is 2.00 e. The van der Waals surface area contributed by atoms with Crippen LogP contribution in [0, 0.1) is 0 Å². The summed E-state index contributed by atoms with van der Waals surface area (Å²) in [6.45, 7) is 7.10. The first kappa shape index (κ1) is 29.9. The van der Waals surface area contributed by atoms with Crippen LogP contribution >= 0.6 is 0 Å². The molecule has 0 aliphatic rings. The van der Waals surface area contributed by atoms with E-state index < -0.39 is 24.8 Å². The fourth-order valence-electron chi connectivity index (χ4n) is 1.06. The second kappa shape index (κ2) is 21.0. The van der Waals surface area contributed by atoms with Crippen molar-refractivity contribution in [2.24, 2.45) is 0 Å². The second-order valence-corrected chi connectivity index (χ2v) is 4.77. The average molecular weight is 366 g/mol. The number of carboxylic acid groups (broad SMARTS) is 2. The van der Waals surface area contributed by atoms with Crippen molar-refractivity contribution in [3.63, 3.8) is 0 Å². The van der Waals surface area contributed by atoms with Gasteiger partial charge in [0.05, 0.1) is 0 Å². The maximum atomic E-state index is 10.4. The summed E-state index contributed by atoms with van der Waals surface area (Å²) in [5.41, 5.74) is 0. The summed E-state index contributed by atoms with van der Waals surface area (Å²) in [7, 11) is 0. The minimum atomic E-state index is -1.28. The number of aliphatic hydroxyl groups is 1. The first-order valence-electron chi connectivity index (χ1n) is 7.17. The predicted octanol–water partition coefficient (Wildman–Crippen LogP) is -0.624. The summed E-state index contributed by atoms with van der Waals surface area (Å²) < 4.78 is 0. The quantitative estimate of drug-likeness (QED) is 0.447. The zero-order valence-electron chi connectivity index (χ0n) is 14.2. The second-order valence-electron chi connectivity index (χ2n) is 4.77. The molecule has 0 saturated carbocycles. The van der Waals surface area contributed by atoms with Crippen LogP contribution in [0.1, 0.15) is 66.2 Å². The van der Waals surface area contributed by atoms with Crippen LogP contribution in [-0.2, 0) is 40.9 Å². The van der Waals surface area contributed by atoms with Crippen LogP contribution < -0.4 is 10.2 Å². The molecule has 8 heteroatoms. The van der Waals surface area contributed by atoms with Gasteiger partial charge in [-0.3, -0.25) is 9.59 Å². The molecule has 0 aliphatic carbocycles. The van der Waals surface area contributed by atoms with Gasteiger partial charge in [0.2, 0.25) is 0 Å². The van der Waals surface area contributed by atoms with Gasteiger partial charge in [-0.15, -0.1) is 0 Å². The van der Waals surface area contributed by atoms with E-state index in [0.29, 0.717) is 25.7 Å². The van der Waals surface area contributed by atoms with Gasteiger partial charge < -0.3 is 24.9 Å². The molecular formula is C15H26O7Ti. The Morgan fingerprint density at radius 1 is 0.826 bits per heavy atom. The first-order valence-corrected chi connectivity index (χ1v) is 7.17. The minimum Gasteiger partial charge on any atom is -0.550 e. The zero-order chi connectivity index (χ0) is 18.1. The third-order valence-corrected chi connectivity index (χ3v) is 1.74. The van der Waals surface area contributed by atoms with Crippen LogP contribution in [0.2, 0.25) is 0 Å². The Kier molecular flexibility index (Phi) is 27.2. The van der Waals surface area contributed by atoms with Gasteiger partial charge in [0.15, 0.2) is 0 Å². The molecule has 0 unspecified atom stereocenters. The summed E-state index contributed by atoms with van der Waals surface area (Å²) in [4.78, 5) is 40.4. The third-order valence-electron chi connectivity index (χ3n) is 1.74. The molecule has 0 aromatic heterocycles. The molecule has 0 atom stereocenters. The number of ketones is 2. The van der Waals surface area contributed by atoms with Gasteiger partial charge >= 0.3 is 21.7 Å². The fraction of sp³-hybridized carbons (Fsp3) is 0.733. The van der Waals surface area contributed by atoms with Crippen molar-refractivity contribution >= 4 is 23.5 Å². The first-order chi connectivity index (χ1) is 10.1. The Labute approximate surface area is 152 Å². The molecule has 0 aromatic carbocycles. The van der Waals surface area contributed by atoms with Gasteiger partial charge in [-0.25, -0.2) is 0 Å². The smallest absolute Gasteiger partial charge is 0.550 e. The molecular weight excluding hydrogens is 340 g/mol. The van der Waals surface area contributed by atoms with E-state index in [1.165, 1.54) is 0 Å². The molecule has 0 bridgehead atoms. The molecule has 0 heterocycles. The topological polar surface area (TPSA) is 135 Å². The van der Waals surface area contributed by atoms with Crippen LogP contribution in [0.25, 0.3) is 0 Å². The summed E-state index contributed by atoms with van der Waals surface area (Å²) >= 11 is 0. The average Bonchev–Trinajstić information content (AvgIpc) is 2.26. The molecule has 23 heavy (non-hydrogen) atoms. The molecule has 1 N–H and O–H groups in total. The number of Topliss-reactive ketones (excluding diaryl/α,β-unsaturated/α-hetero) is 2. The van der Waals surface area contributed by atoms with E-state index in [1.54, 1.807) is 13.8 Å². The fourth-order valence-corrected chi connectivity index (χ4v) is 1.06. The van der Waals surface area contributed by atoms with Crippen LogP contribution in [0.4, 0.5) is 0 Å². The van der Waals surface area contributed by atoms with Crippen molar-refractivity contribution in [1.29, 1.82) is 0 Å². The number of carbonyl (C=O) groups is 4. The maximum absolute atomic E-state index is 10.4. The van der Waals surface area contributed by atoms with E-state index in [2.05, 4.69) is 0 Å². The van der Waals surface area contributed by atoms with Crippen molar-refractivity contribution in [1.82, 2.24) is 0 Å². The molecule has 7 nitrogen and oxygen atoms in total. The van der Waals surface area contributed by atoms with Crippen molar-refractivity contribution in [3.8, 4) is 0 Å². The summed E-state index contributed by atoms with van der Waals surface area (Å²) in [6.07, 6.45) is 1.04. The Morgan fingerprint density at radius 2 is 1.04 bits per heavy atom. The molecule has 0 saturated heterocycles. The Bertz CT molecular complexity index is 308. The molecule has 132 valence electrons. The van der Waals surface area contributed by atoms with E-state index >= 15 is 0 Å². The standard InChI is InChI=1S/2C6H10O3.C3H8O.Ti/c2*1-2-3-5(7)4-6(8)9;1-3(2)4;/h2*2-4H2,1H3,(H,8,9);3-4H,1-2H3;/q;;;+2/p-2. The molecule has 0 spiro atoms. The predicted molar refractivity (Wildman–Crippen MR) is 76.4 cm³/mol. The van der Waals surface area contributed by atoms with Crippen molar-refractivity contribution in [3.05, 3.63) is 0 Å². The Morgan fingerprint density at radius 3 is 1.17 bits per heavy atom. The van der Waals surface area contributed by atoms with E-state index in [-0.39, 0.29) is 39.4 Å². The number of carbonyl (C=O) groups excluding carboxylic acids is 4. The normalized spacial score (nSPS) is 8.61. The molecule has 0 rings (SSSR count). The SMILES string of the molecule is CC(C)O.CCCC(=O)CC(=O)[O-].CCCC(=O)CC(=O)[O-].[Ti+2]. The number of hydrogen-bond acceptors (Lipinski definition) is 7. The van der Waals surface area contributed by atoms with Gasteiger partial charge in [-0.2, -0.15) is 0 Å². The van der Waals surface area contributed by atoms with E-state index in [1.807, 2.05) is 13.8 Å². The van der Waals surface area contributed by atoms with Gasteiger partial charge in [0, 0.05) is 43.7 Å². The number of aliphatic hydroxyl groups excluding tert-OH is 1. The monoisotopic (exact) mass is 366 g/mol. The summed E-state index contributed by atoms with van der Waals surface area (Å²) in [5, 5.41) is 27.6. The van der Waals surface area contributed by atoms with Crippen LogP contribution in [0.5, 0.6) is 0 Å². The van der Waals surface area contributed by atoms with Crippen LogP contribution in [0.3, 0.4) is 0 Å². The summed E-state index contributed by atoms with van der Waals surface area (Å²) in [6, 6.07) is 0.